The highest BCUT2D eigenvalue weighted by Crippen LogP contribution is 2.26. The summed E-state index contributed by atoms with van der Waals surface area (Å²) in [6.07, 6.45) is 2.26. The van der Waals surface area contributed by atoms with Crippen molar-refractivity contribution < 1.29 is 9.84 Å². The van der Waals surface area contributed by atoms with E-state index in [1.54, 1.807) is 24.4 Å². The fourth-order valence-corrected chi connectivity index (χ4v) is 1.69. The van der Waals surface area contributed by atoms with Crippen molar-refractivity contribution in [3.63, 3.8) is 0 Å². The molecule has 0 amide bonds. The summed E-state index contributed by atoms with van der Waals surface area (Å²) in [7, 11) is 0. The Hall–Kier alpha value is -2.77. The van der Waals surface area contributed by atoms with Gasteiger partial charge in [0, 0.05) is 6.42 Å². The molecule has 0 bridgehead atoms. The van der Waals surface area contributed by atoms with E-state index in [4.69, 9.17) is 10.6 Å². The molecule has 8 nitrogen and oxygen atoms in total. The summed E-state index contributed by atoms with van der Waals surface area (Å²) < 4.78 is 6.65. The highest BCUT2D eigenvalue weighted by atomic mass is 16.5. The van der Waals surface area contributed by atoms with Crippen LogP contribution in [0.2, 0.25) is 0 Å². The Bertz CT molecular complexity index is 638. The molecule has 1 heterocycles. The number of aromatic hydroxyl groups is 1. The van der Waals surface area contributed by atoms with Gasteiger partial charge in [-0.3, -0.25) is 0 Å². The maximum Gasteiger partial charge on any atom is 0.263 e. The lowest BCUT2D eigenvalue weighted by atomic mass is 10.2. The van der Waals surface area contributed by atoms with Gasteiger partial charge in [0.1, 0.15) is 0 Å². The summed E-state index contributed by atoms with van der Waals surface area (Å²) in [5.74, 6) is 7.30. The predicted octanol–water partition coefficient (Wildman–Crippen LogP) is 1.10. The van der Waals surface area contributed by atoms with Gasteiger partial charge < -0.3 is 15.7 Å². The number of nitrogens with one attached hydrogen (secondary N) is 1. The molecule has 0 aliphatic carbocycles. The molecule has 8 heteroatoms. The van der Waals surface area contributed by atoms with Crippen LogP contribution in [0.5, 0.6) is 11.5 Å². The Labute approximate surface area is 122 Å². The van der Waals surface area contributed by atoms with Crippen LogP contribution in [0.3, 0.4) is 0 Å². The van der Waals surface area contributed by atoms with E-state index in [-0.39, 0.29) is 5.75 Å². The number of ether oxygens (including phenoxy) is 1. The standard InChI is InChI=1S/C13H18N6O2/c1-3-12-16-18-13(19(12)14)17-15-8-9-5-6-10(20)11(7-9)21-4-2/h5-8,20H,3-4,14H2,1-2H3,(H,17,18). The van der Waals surface area contributed by atoms with Gasteiger partial charge in [-0.15, -0.1) is 10.2 Å². The van der Waals surface area contributed by atoms with Crippen LogP contribution in [0.4, 0.5) is 5.95 Å². The number of hydrazone groups is 1. The number of nitrogens with two attached hydrogens (primary N) is 1. The zero-order valence-electron chi connectivity index (χ0n) is 11.9. The van der Waals surface area contributed by atoms with Crippen LogP contribution in [0, 0.1) is 0 Å². The second kappa shape index (κ2) is 6.60. The third-order valence-electron chi connectivity index (χ3n) is 2.74. The number of anilines is 1. The quantitative estimate of drug-likeness (QED) is 0.417. The maximum absolute atomic E-state index is 9.61. The molecule has 1 aromatic carbocycles. The maximum atomic E-state index is 9.61. The van der Waals surface area contributed by atoms with Crippen LogP contribution >= 0.6 is 0 Å². The number of rotatable bonds is 6. The summed E-state index contributed by atoms with van der Waals surface area (Å²) >= 11 is 0. The first kappa shape index (κ1) is 14.6. The van der Waals surface area contributed by atoms with E-state index in [0.717, 1.165) is 5.56 Å². The molecule has 2 rings (SSSR count). The molecule has 0 saturated heterocycles. The van der Waals surface area contributed by atoms with Gasteiger partial charge in [0.15, 0.2) is 17.3 Å². The van der Waals surface area contributed by atoms with Crippen molar-refractivity contribution in [2.75, 3.05) is 17.9 Å². The number of phenolic OH excluding ortho intramolecular Hbond substituents is 1. The van der Waals surface area contributed by atoms with Crippen LogP contribution in [-0.4, -0.2) is 32.8 Å². The molecule has 0 saturated carbocycles. The van der Waals surface area contributed by atoms with Gasteiger partial charge >= 0.3 is 0 Å². The summed E-state index contributed by atoms with van der Waals surface area (Å²) in [4.78, 5) is 0. The third kappa shape index (κ3) is 3.41. The third-order valence-corrected chi connectivity index (χ3v) is 2.74. The Morgan fingerprint density at radius 2 is 2.24 bits per heavy atom. The minimum atomic E-state index is 0.0937. The Balaban J connectivity index is 2.07. The van der Waals surface area contributed by atoms with Gasteiger partial charge in [-0.1, -0.05) is 6.92 Å². The fourth-order valence-electron chi connectivity index (χ4n) is 1.69. The highest BCUT2D eigenvalue weighted by Gasteiger charge is 2.06. The number of hydrogen-bond donors (Lipinski definition) is 3. The molecule has 0 radical (unpaired) electrons. The molecular formula is C13H18N6O2. The van der Waals surface area contributed by atoms with Crippen molar-refractivity contribution in [2.45, 2.75) is 20.3 Å². The van der Waals surface area contributed by atoms with E-state index in [2.05, 4.69) is 20.7 Å². The van der Waals surface area contributed by atoms with E-state index in [1.165, 1.54) is 4.68 Å². The first-order chi connectivity index (χ1) is 10.2. The summed E-state index contributed by atoms with van der Waals surface area (Å²) in [5.41, 5.74) is 3.48. The van der Waals surface area contributed by atoms with E-state index < -0.39 is 0 Å². The van der Waals surface area contributed by atoms with Crippen molar-refractivity contribution in [1.82, 2.24) is 14.9 Å². The molecule has 21 heavy (non-hydrogen) atoms. The summed E-state index contributed by atoms with van der Waals surface area (Å²) in [6, 6.07) is 4.95. The minimum absolute atomic E-state index is 0.0937. The highest BCUT2D eigenvalue weighted by molar-refractivity contribution is 5.81. The number of aromatic nitrogens is 3. The van der Waals surface area contributed by atoms with E-state index >= 15 is 0 Å². The first-order valence-electron chi connectivity index (χ1n) is 6.60. The molecule has 0 atom stereocenters. The molecule has 1 aromatic heterocycles. The molecule has 4 N–H and O–H groups in total. The fraction of sp³-hybridized carbons (Fsp3) is 0.308. The lowest BCUT2D eigenvalue weighted by molar-refractivity contribution is 0.318. The van der Waals surface area contributed by atoms with Crippen LogP contribution in [0.25, 0.3) is 0 Å². The zero-order valence-corrected chi connectivity index (χ0v) is 11.9. The summed E-state index contributed by atoms with van der Waals surface area (Å²) in [6.45, 7) is 4.26. The van der Waals surface area contributed by atoms with Crippen molar-refractivity contribution in [1.29, 1.82) is 0 Å². The number of phenols is 1. The van der Waals surface area contributed by atoms with E-state index in [1.807, 2.05) is 13.8 Å². The first-order valence-corrected chi connectivity index (χ1v) is 6.60. The smallest absolute Gasteiger partial charge is 0.263 e. The van der Waals surface area contributed by atoms with Gasteiger partial charge in [-0.2, -0.15) is 5.10 Å². The number of benzene rings is 1. The number of hydrogen-bond acceptors (Lipinski definition) is 7. The minimum Gasteiger partial charge on any atom is -0.504 e. The van der Waals surface area contributed by atoms with Crippen LogP contribution in [-0.2, 0) is 6.42 Å². The van der Waals surface area contributed by atoms with Crippen LogP contribution in [0.1, 0.15) is 25.2 Å². The average Bonchev–Trinajstić information content (AvgIpc) is 2.83. The van der Waals surface area contributed by atoms with E-state index in [9.17, 15) is 5.11 Å². The van der Waals surface area contributed by atoms with Crippen LogP contribution < -0.4 is 16.0 Å². The lowest BCUT2D eigenvalue weighted by Crippen LogP contribution is -2.14. The van der Waals surface area contributed by atoms with Gasteiger partial charge in [0.05, 0.1) is 12.8 Å². The number of nitrogen functional groups attached to an aromatic ring is 1. The molecule has 2 aromatic rings. The van der Waals surface area contributed by atoms with Gasteiger partial charge in [0.25, 0.3) is 5.95 Å². The predicted molar refractivity (Wildman–Crippen MR) is 80.0 cm³/mol. The lowest BCUT2D eigenvalue weighted by Gasteiger charge is -2.06. The van der Waals surface area contributed by atoms with Crippen molar-refractivity contribution >= 4 is 12.2 Å². The molecule has 0 spiro atoms. The van der Waals surface area contributed by atoms with Crippen molar-refractivity contribution in [2.24, 2.45) is 5.10 Å². The monoisotopic (exact) mass is 290 g/mol. The number of aryl methyl sites for hydroxylation is 1. The summed E-state index contributed by atoms with van der Waals surface area (Å²) in [5, 5.41) is 21.4. The SMILES string of the molecule is CCOc1cc(C=NNc2nnc(CC)n2N)ccc1O. The molecule has 0 aliphatic rings. The second-order valence-electron chi connectivity index (χ2n) is 4.19. The van der Waals surface area contributed by atoms with Gasteiger partial charge in [-0.25, -0.2) is 10.1 Å². The van der Waals surface area contributed by atoms with E-state index in [0.29, 0.717) is 30.5 Å². The Morgan fingerprint density at radius 3 is 2.90 bits per heavy atom. The van der Waals surface area contributed by atoms with Gasteiger partial charge in [0.2, 0.25) is 0 Å². The number of nitrogens with zero attached hydrogens (tertiary/aromatic N) is 4. The topological polar surface area (TPSA) is 111 Å². The molecular weight excluding hydrogens is 272 g/mol. The van der Waals surface area contributed by atoms with Gasteiger partial charge in [-0.05, 0) is 30.7 Å². The normalized spacial score (nSPS) is 11.0. The molecule has 0 aliphatic heterocycles. The molecule has 0 unspecified atom stereocenters. The average molecular weight is 290 g/mol. The van der Waals surface area contributed by atoms with Crippen molar-refractivity contribution in [3.05, 3.63) is 29.6 Å². The largest absolute Gasteiger partial charge is 0.504 e. The zero-order chi connectivity index (χ0) is 15.2. The second-order valence-corrected chi connectivity index (χ2v) is 4.19. The van der Waals surface area contributed by atoms with Crippen molar-refractivity contribution in [3.8, 4) is 11.5 Å². The Kier molecular flexibility index (Phi) is 4.60. The van der Waals surface area contributed by atoms with Crippen LogP contribution in [0.15, 0.2) is 23.3 Å². The Morgan fingerprint density at radius 1 is 1.43 bits per heavy atom. The molecule has 112 valence electrons. The molecule has 0 fully saturated rings.